The number of ether oxygens (including phenoxy) is 1. The minimum atomic E-state index is -0.180. The number of hydrogen-bond donors (Lipinski definition) is 1. The molecule has 6 nitrogen and oxygen atoms in total. The van der Waals surface area contributed by atoms with Gasteiger partial charge in [0, 0.05) is 23.6 Å². The largest absolute Gasteiger partial charge is 0.493 e. The lowest BCUT2D eigenvalue weighted by Gasteiger charge is -2.24. The molecular formula is C12H14N4O2. The monoisotopic (exact) mass is 246 g/mol. The Balaban J connectivity index is 2.01. The van der Waals surface area contributed by atoms with Gasteiger partial charge in [-0.1, -0.05) is 23.3 Å². The molecule has 0 fully saturated rings. The normalized spacial score (nSPS) is 17.0. The van der Waals surface area contributed by atoms with Crippen molar-refractivity contribution in [3.05, 3.63) is 40.3 Å². The van der Waals surface area contributed by atoms with Crippen LogP contribution in [0.25, 0.3) is 10.4 Å². The van der Waals surface area contributed by atoms with E-state index in [0.29, 0.717) is 19.6 Å². The first-order valence-electron chi connectivity index (χ1n) is 5.83. The van der Waals surface area contributed by atoms with Crippen molar-refractivity contribution < 1.29 is 9.53 Å². The molecule has 1 aliphatic heterocycles. The van der Waals surface area contributed by atoms with Gasteiger partial charge in [0.1, 0.15) is 5.75 Å². The molecule has 1 unspecified atom stereocenters. The SMILES string of the molecule is [N-]=[N+]=NCCNC(=O)C1CCOc2ccccc21. The highest BCUT2D eigenvalue weighted by molar-refractivity contribution is 5.84. The Morgan fingerprint density at radius 3 is 3.22 bits per heavy atom. The Morgan fingerprint density at radius 2 is 2.39 bits per heavy atom. The van der Waals surface area contributed by atoms with E-state index in [9.17, 15) is 4.79 Å². The summed E-state index contributed by atoms with van der Waals surface area (Å²) in [5, 5.41) is 6.14. The Kier molecular flexibility index (Phi) is 4.04. The molecule has 0 radical (unpaired) electrons. The van der Waals surface area contributed by atoms with Crippen LogP contribution in [-0.4, -0.2) is 25.6 Å². The molecule has 1 aromatic rings. The molecule has 0 spiro atoms. The molecule has 0 saturated heterocycles. The molecule has 94 valence electrons. The maximum atomic E-state index is 12.0. The summed E-state index contributed by atoms with van der Waals surface area (Å²) in [6, 6.07) is 7.56. The van der Waals surface area contributed by atoms with Crippen molar-refractivity contribution in [2.75, 3.05) is 19.7 Å². The van der Waals surface area contributed by atoms with Crippen LogP contribution < -0.4 is 10.1 Å². The highest BCUT2D eigenvalue weighted by atomic mass is 16.5. The fraction of sp³-hybridized carbons (Fsp3) is 0.417. The third-order valence-electron chi connectivity index (χ3n) is 2.85. The second-order valence-electron chi connectivity index (χ2n) is 3.97. The highest BCUT2D eigenvalue weighted by Gasteiger charge is 2.26. The zero-order valence-electron chi connectivity index (χ0n) is 9.87. The number of azide groups is 1. The molecule has 0 aromatic heterocycles. The standard InChI is InChI=1S/C12H14N4O2/c13-16-15-7-6-14-12(17)10-5-8-18-11-4-2-1-3-9(10)11/h1-4,10H,5-8H2,(H,14,17). The van der Waals surface area contributed by atoms with Gasteiger partial charge in [0.05, 0.1) is 12.5 Å². The van der Waals surface area contributed by atoms with Crippen LogP contribution in [0.3, 0.4) is 0 Å². The predicted octanol–water partition coefficient (Wildman–Crippen LogP) is 1.98. The molecule has 0 saturated carbocycles. The lowest BCUT2D eigenvalue weighted by molar-refractivity contribution is -0.123. The van der Waals surface area contributed by atoms with Gasteiger partial charge in [-0.15, -0.1) is 0 Å². The van der Waals surface area contributed by atoms with Crippen LogP contribution in [0.2, 0.25) is 0 Å². The predicted molar refractivity (Wildman–Crippen MR) is 66.3 cm³/mol. The quantitative estimate of drug-likeness (QED) is 0.381. The number of fused-ring (bicyclic) bond motifs is 1. The molecule has 0 bridgehead atoms. The number of nitrogens with zero attached hydrogens (tertiary/aromatic N) is 3. The zero-order valence-corrected chi connectivity index (χ0v) is 9.87. The van der Waals surface area contributed by atoms with Gasteiger partial charge < -0.3 is 10.1 Å². The average Bonchev–Trinajstić information content (AvgIpc) is 2.43. The minimum Gasteiger partial charge on any atom is -0.493 e. The van der Waals surface area contributed by atoms with Gasteiger partial charge in [-0.05, 0) is 18.0 Å². The summed E-state index contributed by atoms with van der Waals surface area (Å²) in [4.78, 5) is 14.7. The maximum Gasteiger partial charge on any atom is 0.227 e. The van der Waals surface area contributed by atoms with Crippen LogP contribution in [-0.2, 0) is 4.79 Å². The van der Waals surface area contributed by atoms with Crippen molar-refractivity contribution in [3.63, 3.8) is 0 Å². The van der Waals surface area contributed by atoms with Crippen molar-refractivity contribution in [1.82, 2.24) is 5.32 Å². The Hall–Kier alpha value is -2.20. The molecule has 1 atom stereocenters. The first kappa shape index (κ1) is 12.3. The van der Waals surface area contributed by atoms with Crippen molar-refractivity contribution in [1.29, 1.82) is 0 Å². The van der Waals surface area contributed by atoms with E-state index < -0.39 is 0 Å². The molecule has 2 rings (SSSR count). The molecule has 1 aliphatic rings. The maximum absolute atomic E-state index is 12.0. The van der Waals surface area contributed by atoms with Gasteiger partial charge in [-0.3, -0.25) is 4.79 Å². The number of benzene rings is 1. The van der Waals surface area contributed by atoms with E-state index in [-0.39, 0.29) is 18.4 Å². The molecule has 0 aliphatic carbocycles. The van der Waals surface area contributed by atoms with Crippen LogP contribution in [0.4, 0.5) is 0 Å². The number of nitrogens with one attached hydrogen (secondary N) is 1. The fourth-order valence-electron chi connectivity index (χ4n) is 2.01. The van der Waals surface area contributed by atoms with E-state index in [1.807, 2.05) is 24.3 Å². The number of carbonyl (C=O) groups excluding carboxylic acids is 1. The van der Waals surface area contributed by atoms with E-state index in [2.05, 4.69) is 15.3 Å². The van der Waals surface area contributed by atoms with Crippen molar-refractivity contribution >= 4 is 5.91 Å². The average molecular weight is 246 g/mol. The fourth-order valence-corrected chi connectivity index (χ4v) is 2.01. The zero-order chi connectivity index (χ0) is 12.8. The van der Waals surface area contributed by atoms with Gasteiger partial charge in [0.2, 0.25) is 5.91 Å². The molecule has 6 heteroatoms. The van der Waals surface area contributed by atoms with Gasteiger partial charge in [-0.25, -0.2) is 0 Å². The van der Waals surface area contributed by atoms with Crippen LogP contribution >= 0.6 is 0 Å². The van der Waals surface area contributed by atoms with Crippen molar-refractivity contribution in [2.45, 2.75) is 12.3 Å². The molecule has 1 amide bonds. The Morgan fingerprint density at radius 1 is 1.56 bits per heavy atom. The topological polar surface area (TPSA) is 87.1 Å². The summed E-state index contributed by atoms with van der Waals surface area (Å²) in [6.45, 7) is 1.18. The van der Waals surface area contributed by atoms with Crippen molar-refractivity contribution in [2.24, 2.45) is 5.11 Å². The van der Waals surface area contributed by atoms with Gasteiger partial charge >= 0.3 is 0 Å². The van der Waals surface area contributed by atoms with E-state index in [4.69, 9.17) is 10.3 Å². The summed E-state index contributed by atoms with van der Waals surface area (Å²) in [5.41, 5.74) is 9.06. The summed E-state index contributed by atoms with van der Waals surface area (Å²) < 4.78 is 5.50. The molecular weight excluding hydrogens is 232 g/mol. The number of hydrogen-bond acceptors (Lipinski definition) is 3. The van der Waals surface area contributed by atoms with Gasteiger partial charge in [0.25, 0.3) is 0 Å². The van der Waals surface area contributed by atoms with E-state index in [1.54, 1.807) is 0 Å². The van der Waals surface area contributed by atoms with E-state index in [1.165, 1.54) is 0 Å². The second-order valence-corrected chi connectivity index (χ2v) is 3.97. The lowest BCUT2D eigenvalue weighted by atomic mass is 9.92. The molecule has 1 N–H and O–H groups in total. The summed E-state index contributed by atoms with van der Waals surface area (Å²) in [6.07, 6.45) is 0.671. The Bertz CT molecular complexity index is 483. The second kappa shape index (κ2) is 5.93. The van der Waals surface area contributed by atoms with Crippen LogP contribution in [0.5, 0.6) is 5.75 Å². The highest BCUT2D eigenvalue weighted by Crippen LogP contribution is 2.33. The van der Waals surface area contributed by atoms with E-state index >= 15 is 0 Å². The van der Waals surface area contributed by atoms with Gasteiger partial charge in [0.15, 0.2) is 0 Å². The summed E-state index contributed by atoms with van der Waals surface area (Å²) in [7, 11) is 0. The first-order chi connectivity index (χ1) is 8.83. The first-order valence-corrected chi connectivity index (χ1v) is 5.83. The molecule has 18 heavy (non-hydrogen) atoms. The number of rotatable bonds is 4. The Labute approximate surface area is 105 Å². The van der Waals surface area contributed by atoms with Crippen LogP contribution in [0.15, 0.2) is 29.4 Å². The lowest BCUT2D eigenvalue weighted by Crippen LogP contribution is -2.33. The third-order valence-corrected chi connectivity index (χ3v) is 2.85. The van der Waals surface area contributed by atoms with Crippen molar-refractivity contribution in [3.8, 4) is 5.75 Å². The number of carbonyl (C=O) groups is 1. The van der Waals surface area contributed by atoms with Crippen LogP contribution in [0, 0.1) is 0 Å². The molecule has 1 aromatic carbocycles. The smallest absolute Gasteiger partial charge is 0.227 e. The summed E-state index contributed by atoms with van der Waals surface area (Å²) >= 11 is 0. The summed E-state index contributed by atoms with van der Waals surface area (Å²) in [5.74, 6) is 0.554. The number of para-hydroxylation sites is 1. The van der Waals surface area contributed by atoms with E-state index in [0.717, 1.165) is 11.3 Å². The number of amides is 1. The van der Waals surface area contributed by atoms with Gasteiger partial charge in [-0.2, -0.15) is 0 Å². The molecule has 1 heterocycles. The minimum absolute atomic E-state index is 0.0427. The third kappa shape index (κ3) is 2.73. The van der Waals surface area contributed by atoms with Crippen LogP contribution in [0.1, 0.15) is 17.9 Å².